The van der Waals surface area contributed by atoms with Gasteiger partial charge in [0.2, 0.25) is 5.65 Å². The van der Waals surface area contributed by atoms with Crippen molar-refractivity contribution in [3.63, 3.8) is 0 Å². The molecule has 0 atom stereocenters. The molecule has 2 aromatic heterocycles. The Labute approximate surface area is 198 Å². The topological polar surface area (TPSA) is 96.7 Å². The summed E-state index contributed by atoms with van der Waals surface area (Å²) in [6, 6.07) is 6.46. The Morgan fingerprint density at radius 2 is 1.91 bits per heavy atom. The van der Waals surface area contributed by atoms with Crippen molar-refractivity contribution in [2.45, 2.75) is 46.1 Å². The minimum Gasteiger partial charge on any atom is -0.444 e. The third-order valence-electron chi connectivity index (χ3n) is 5.41. The van der Waals surface area contributed by atoms with Crippen LogP contribution >= 0.6 is 11.8 Å². The fourth-order valence-electron chi connectivity index (χ4n) is 3.86. The van der Waals surface area contributed by atoms with Crippen molar-refractivity contribution in [3.8, 4) is 0 Å². The molecule has 0 spiro atoms. The van der Waals surface area contributed by atoms with Crippen LogP contribution in [0.2, 0.25) is 0 Å². The molecular weight excluding hydrogens is 438 g/mol. The van der Waals surface area contributed by atoms with E-state index in [9.17, 15) is 4.79 Å². The van der Waals surface area contributed by atoms with E-state index in [0.717, 1.165) is 72.3 Å². The molecule has 1 aliphatic heterocycles. The number of amides is 1. The van der Waals surface area contributed by atoms with Gasteiger partial charge in [0.05, 0.1) is 11.0 Å². The fraction of sp³-hybridized carbons (Fsp3) is 0.565. The number of anilines is 2. The highest BCUT2D eigenvalue weighted by Crippen LogP contribution is 2.27. The monoisotopic (exact) mass is 471 g/mol. The number of rotatable bonds is 7. The SMILES string of the molecule is Cc1nnc2c(NCCCCNC(=O)OC(C)(C)C)nc3cc(N4CCSCC4)ccc3n12. The molecule has 0 bridgehead atoms. The zero-order chi connectivity index (χ0) is 23.4. The van der Waals surface area contributed by atoms with Gasteiger partial charge in [0.25, 0.3) is 0 Å². The molecule has 9 nitrogen and oxygen atoms in total. The summed E-state index contributed by atoms with van der Waals surface area (Å²) in [4.78, 5) is 19.1. The largest absolute Gasteiger partial charge is 0.444 e. The quantitative estimate of drug-likeness (QED) is 0.502. The van der Waals surface area contributed by atoms with E-state index in [-0.39, 0.29) is 6.09 Å². The Balaban J connectivity index is 1.42. The summed E-state index contributed by atoms with van der Waals surface area (Å²) >= 11 is 2.00. The van der Waals surface area contributed by atoms with E-state index < -0.39 is 5.60 Å². The number of benzene rings is 1. The predicted molar refractivity (Wildman–Crippen MR) is 135 cm³/mol. The number of aryl methyl sites for hydroxylation is 1. The highest BCUT2D eigenvalue weighted by atomic mass is 32.2. The maximum atomic E-state index is 11.7. The second-order valence-corrected chi connectivity index (χ2v) is 10.4. The van der Waals surface area contributed by atoms with E-state index in [1.54, 1.807) is 0 Å². The molecule has 1 saturated heterocycles. The Morgan fingerprint density at radius 3 is 2.67 bits per heavy atom. The zero-order valence-corrected chi connectivity index (χ0v) is 20.7. The van der Waals surface area contributed by atoms with E-state index >= 15 is 0 Å². The van der Waals surface area contributed by atoms with Crippen LogP contribution in [0.1, 0.15) is 39.4 Å². The van der Waals surface area contributed by atoms with Gasteiger partial charge >= 0.3 is 6.09 Å². The number of ether oxygens (including phenoxy) is 1. The summed E-state index contributed by atoms with van der Waals surface area (Å²) in [6.45, 7) is 10.9. The van der Waals surface area contributed by atoms with E-state index in [2.05, 4.69) is 48.3 Å². The number of nitrogens with zero attached hydrogens (tertiary/aromatic N) is 5. The second-order valence-electron chi connectivity index (χ2n) is 9.20. The number of unbranched alkanes of at least 4 members (excludes halogenated alkanes) is 1. The van der Waals surface area contributed by atoms with Crippen LogP contribution in [0.3, 0.4) is 0 Å². The summed E-state index contributed by atoms with van der Waals surface area (Å²) in [6.07, 6.45) is 1.33. The van der Waals surface area contributed by atoms with Gasteiger partial charge in [-0.25, -0.2) is 9.78 Å². The molecule has 1 amide bonds. The average molecular weight is 472 g/mol. The minimum atomic E-state index is -0.484. The molecule has 1 aliphatic rings. The molecule has 3 heterocycles. The first-order chi connectivity index (χ1) is 15.8. The maximum Gasteiger partial charge on any atom is 0.407 e. The number of fused-ring (bicyclic) bond motifs is 3. The van der Waals surface area contributed by atoms with Crippen LogP contribution in [-0.4, -0.2) is 69.0 Å². The Bertz CT molecular complexity index is 1120. The first-order valence-electron chi connectivity index (χ1n) is 11.5. The first kappa shape index (κ1) is 23.4. The number of carbonyl (C=O) groups excluding carboxylic acids is 1. The van der Waals surface area contributed by atoms with Crippen LogP contribution in [0.25, 0.3) is 16.7 Å². The smallest absolute Gasteiger partial charge is 0.407 e. The molecule has 33 heavy (non-hydrogen) atoms. The number of nitrogens with one attached hydrogen (secondary N) is 2. The third kappa shape index (κ3) is 5.79. The van der Waals surface area contributed by atoms with Gasteiger partial charge in [-0.1, -0.05) is 0 Å². The van der Waals surface area contributed by atoms with Crippen molar-refractivity contribution >= 4 is 46.0 Å². The Hall–Kier alpha value is -2.75. The number of carbonyl (C=O) groups is 1. The summed E-state index contributed by atoms with van der Waals surface area (Å²) in [7, 11) is 0. The number of alkyl carbamates (subject to hydrolysis) is 1. The Kier molecular flexibility index (Phi) is 7.11. The van der Waals surface area contributed by atoms with Gasteiger partial charge in [0.1, 0.15) is 11.4 Å². The molecule has 0 aliphatic carbocycles. The van der Waals surface area contributed by atoms with Gasteiger partial charge in [-0.15, -0.1) is 10.2 Å². The van der Waals surface area contributed by atoms with E-state index in [1.165, 1.54) is 5.69 Å². The Morgan fingerprint density at radius 1 is 1.15 bits per heavy atom. The van der Waals surface area contributed by atoms with Crippen molar-refractivity contribution in [1.29, 1.82) is 0 Å². The molecule has 0 unspecified atom stereocenters. The molecule has 0 saturated carbocycles. The van der Waals surface area contributed by atoms with Crippen LogP contribution in [0, 0.1) is 6.92 Å². The number of aromatic nitrogens is 4. The highest BCUT2D eigenvalue weighted by molar-refractivity contribution is 7.99. The van der Waals surface area contributed by atoms with Gasteiger partial charge in [-0.2, -0.15) is 11.8 Å². The standard InChI is InChI=1S/C23H33N7O2S/c1-16-27-28-21-20(24-9-5-6-10-25-22(31)32-23(2,3)4)26-18-15-17(7-8-19(18)30(16)21)29-11-13-33-14-12-29/h7-8,15H,5-6,9-14H2,1-4H3,(H,24,26)(H,25,31). The summed E-state index contributed by atoms with van der Waals surface area (Å²) in [5, 5.41) is 14.9. The number of hydrogen-bond acceptors (Lipinski definition) is 8. The highest BCUT2D eigenvalue weighted by Gasteiger charge is 2.17. The van der Waals surface area contributed by atoms with Gasteiger partial charge in [-0.3, -0.25) is 4.40 Å². The van der Waals surface area contributed by atoms with Crippen LogP contribution < -0.4 is 15.5 Å². The second kappa shape index (κ2) is 10.0. The normalized spacial score (nSPS) is 14.6. The fourth-order valence-corrected chi connectivity index (χ4v) is 4.77. The molecule has 0 radical (unpaired) electrons. The van der Waals surface area contributed by atoms with Crippen molar-refractivity contribution in [2.75, 3.05) is 47.9 Å². The van der Waals surface area contributed by atoms with Crippen molar-refractivity contribution in [3.05, 3.63) is 24.0 Å². The van der Waals surface area contributed by atoms with Gasteiger partial charge < -0.3 is 20.3 Å². The summed E-state index contributed by atoms with van der Waals surface area (Å²) < 4.78 is 7.32. The van der Waals surface area contributed by atoms with Crippen LogP contribution in [-0.2, 0) is 4.74 Å². The van der Waals surface area contributed by atoms with E-state index in [1.807, 2.05) is 39.5 Å². The third-order valence-corrected chi connectivity index (χ3v) is 6.35. The molecular formula is C23H33N7O2S. The van der Waals surface area contributed by atoms with E-state index in [4.69, 9.17) is 9.72 Å². The van der Waals surface area contributed by atoms with Gasteiger partial charge in [0.15, 0.2) is 5.82 Å². The number of hydrogen-bond donors (Lipinski definition) is 2. The lowest BCUT2D eigenvalue weighted by Crippen LogP contribution is -2.33. The lowest BCUT2D eigenvalue weighted by molar-refractivity contribution is 0.0527. The summed E-state index contributed by atoms with van der Waals surface area (Å²) in [5.41, 5.74) is 3.39. The maximum absolute atomic E-state index is 11.7. The molecule has 3 aromatic rings. The minimum absolute atomic E-state index is 0.379. The molecule has 4 rings (SSSR count). The van der Waals surface area contributed by atoms with Crippen molar-refractivity contribution in [1.82, 2.24) is 24.9 Å². The molecule has 1 fully saturated rings. The van der Waals surface area contributed by atoms with Crippen LogP contribution in [0.5, 0.6) is 0 Å². The van der Waals surface area contributed by atoms with Crippen molar-refractivity contribution in [2.24, 2.45) is 0 Å². The first-order valence-corrected chi connectivity index (χ1v) is 12.7. The summed E-state index contributed by atoms with van der Waals surface area (Å²) in [5.74, 6) is 3.88. The van der Waals surface area contributed by atoms with E-state index in [0.29, 0.717) is 6.54 Å². The lowest BCUT2D eigenvalue weighted by atomic mass is 10.2. The zero-order valence-electron chi connectivity index (χ0n) is 19.8. The van der Waals surface area contributed by atoms with Crippen molar-refractivity contribution < 1.29 is 9.53 Å². The number of thioether (sulfide) groups is 1. The van der Waals surface area contributed by atoms with Gasteiger partial charge in [-0.05, 0) is 58.7 Å². The molecule has 178 valence electrons. The van der Waals surface area contributed by atoms with Crippen LogP contribution in [0.15, 0.2) is 18.2 Å². The average Bonchev–Trinajstić information content (AvgIpc) is 3.17. The lowest BCUT2D eigenvalue weighted by Gasteiger charge is -2.28. The molecule has 10 heteroatoms. The molecule has 2 N–H and O–H groups in total. The molecule has 1 aromatic carbocycles. The van der Waals surface area contributed by atoms with Crippen LogP contribution in [0.4, 0.5) is 16.3 Å². The predicted octanol–water partition coefficient (Wildman–Crippen LogP) is 3.86. The van der Waals surface area contributed by atoms with Gasteiger partial charge in [0, 0.05) is 43.4 Å².